The third kappa shape index (κ3) is 4.69. The molecule has 0 radical (unpaired) electrons. The fraction of sp³-hybridized carbons (Fsp3) is 0.400. The van der Waals surface area contributed by atoms with Gasteiger partial charge in [0.05, 0.1) is 19.1 Å². The van der Waals surface area contributed by atoms with E-state index in [-0.39, 0.29) is 17.4 Å². The van der Waals surface area contributed by atoms with Gasteiger partial charge in [-0.05, 0) is 54.7 Å². The first-order chi connectivity index (χ1) is 15.1. The van der Waals surface area contributed by atoms with E-state index in [0.29, 0.717) is 17.4 Å². The first-order valence-electron chi connectivity index (χ1n) is 10.9. The molecule has 4 rings (SSSR count). The topological polar surface area (TPSA) is 50.8 Å². The number of methoxy groups -OCH3 is 2. The molecule has 1 aliphatic carbocycles. The summed E-state index contributed by atoms with van der Waals surface area (Å²) in [6.45, 7) is 2.28. The predicted octanol–water partition coefficient (Wildman–Crippen LogP) is 5.59. The molecule has 1 heterocycles. The molecular weight excluding hydrogens is 408 g/mol. The van der Waals surface area contributed by atoms with Gasteiger partial charge < -0.3 is 19.7 Å². The van der Waals surface area contributed by atoms with E-state index in [1.54, 1.807) is 26.0 Å². The van der Waals surface area contributed by atoms with E-state index in [2.05, 4.69) is 17.1 Å². The lowest BCUT2D eigenvalue weighted by Gasteiger charge is -2.39. The summed E-state index contributed by atoms with van der Waals surface area (Å²) in [5.41, 5.74) is 1.82. The van der Waals surface area contributed by atoms with Crippen LogP contribution in [0.2, 0.25) is 0 Å². The number of para-hydroxylation sites is 1. The van der Waals surface area contributed by atoms with Gasteiger partial charge in [0.1, 0.15) is 0 Å². The van der Waals surface area contributed by atoms with Gasteiger partial charge in [-0.2, -0.15) is 0 Å². The highest BCUT2D eigenvalue weighted by Gasteiger charge is 2.42. The van der Waals surface area contributed by atoms with Crippen molar-refractivity contribution in [2.24, 2.45) is 5.92 Å². The molecule has 1 N–H and O–H groups in total. The molecule has 3 atom stereocenters. The van der Waals surface area contributed by atoms with Crippen LogP contribution in [-0.2, 0) is 4.79 Å². The van der Waals surface area contributed by atoms with Crippen LogP contribution >= 0.6 is 11.8 Å². The minimum Gasteiger partial charge on any atom is -0.493 e. The number of amides is 1. The number of thioether (sulfide) groups is 1. The summed E-state index contributed by atoms with van der Waals surface area (Å²) in [4.78, 5) is 16.4. The molecule has 1 aliphatic heterocycles. The summed E-state index contributed by atoms with van der Waals surface area (Å²) in [5, 5.41) is 3.58. The summed E-state index contributed by atoms with van der Waals surface area (Å²) >= 11 is 1.59. The third-order valence-electron chi connectivity index (χ3n) is 6.13. The maximum Gasteiger partial charge on any atom is 0.262 e. The van der Waals surface area contributed by atoms with Crippen LogP contribution in [0.4, 0.5) is 5.69 Å². The predicted molar refractivity (Wildman–Crippen MR) is 127 cm³/mol. The molecule has 0 bridgehead atoms. The van der Waals surface area contributed by atoms with Gasteiger partial charge in [0.25, 0.3) is 5.91 Å². The van der Waals surface area contributed by atoms with Crippen molar-refractivity contribution in [2.75, 3.05) is 19.5 Å². The highest BCUT2D eigenvalue weighted by Crippen LogP contribution is 2.42. The van der Waals surface area contributed by atoms with Crippen LogP contribution in [0.25, 0.3) is 6.08 Å². The minimum atomic E-state index is -0.119. The van der Waals surface area contributed by atoms with Crippen LogP contribution in [0.3, 0.4) is 0 Å². The van der Waals surface area contributed by atoms with Gasteiger partial charge in [0.2, 0.25) is 0 Å². The Bertz CT molecular complexity index is 947. The van der Waals surface area contributed by atoms with Crippen molar-refractivity contribution in [3.63, 3.8) is 0 Å². The Hall–Kier alpha value is -2.60. The van der Waals surface area contributed by atoms with Crippen LogP contribution in [0, 0.1) is 5.92 Å². The number of nitrogens with zero attached hydrogens (tertiary/aromatic N) is 1. The van der Waals surface area contributed by atoms with Gasteiger partial charge in [-0.15, -0.1) is 0 Å². The third-order valence-corrected chi connectivity index (χ3v) is 7.24. The van der Waals surface area contributed by atoms with Crippen LogP contribution in [0.5, 0.6) is 11.5 Å². The maximum atomic E-state index is 13.6. The van der Waals surface area contributed by atoms with Gasteiger partial charge in [-0.25, -0.2) is 0 Å². The minimum absolute atomic E-state index is 0.104. The van der Waals surface area contributed by atoms with Crippen LogP contribution < -0.4 is 14.8 Å². The number of carbonyl (C=O) groups is 1. The normalized spacial score (nSPS) is 25.0. The zero-order chi connectivity index (χ0) is 21.8. The molecule has 1 saturated carbocycles. The second-order valence-corrected chi connectivity index (χ2v) is 9.27. The number of hydrogen-bond donors (Lipinski definition) is 1. The van der Waals surface area contributed by atoms with E-state index < -0.39 is 0 Å². The number of carbonyl (C=O) groups excluding carboxylic acids is 1. The second kappa shape index (κ2) is 9.69. The molecule has 1 saturated heterocycles. The number of nitrogens with one attached hydrogen (secondary N) is 1. The average Bonchev–Trinajstić information content (AvgIpc) is 3.09. The molecule has 2 fully saturated rings. The number of benzene rings is 2. The standard InChI is InChI=1S/C25H30N2O3S/c1-17-9-7-8-12-20(17)27-24(28)23(31-25(27)26-19-10-5-4-6-11-19)16-18-13-14-21(29-2)22(15-18)30-3/h4-6,10-11,13-17,20,25-26H,7-9,12H2,1-3H3/b23-16-/t17-,20-,25?/m0/s1. The first-order valence-corrected chi connectivity index (χ1v) is 11.7. The van der Waals surface area contributed by atoms with Crippen molar-refractivity contribution < 1.29 is 14.3 Å². The van der Waals surface area contributed by atoms with Crippen molar-refractivity contribution >= 4 is 29.4 Å². The van der Waals surface area contributed by atoms with Crippen molar-refractivity contribution in [1.82, 2.24) is 4.90 Å². The molecule has 5 nitrogen and oxygen atoms in total. The molecule has 1 unspecified atom stereocenters. The van der Waals surface area contributed by atoms with Crippen molar-refractivity contribution in [3.05, 3.63) is 59.0 Å². The zero-order valence-corrected chi connectivity index (χ0v) is 19.2. The molecule has 164 valence electrons. The Morgan fingerprint density at radius 3 is 2.48 bits per heavy atom. The average molecular weight is 439 g/mol. The largest absolute Gasteiger partial charge is 0.493 e. The molecule has 0 aromatic heterocycles. The fourth-order valence-corrected chi connectivity index (χ4v) is 5.67. The molecule has 2 aliphatic rings. The Balaban J connectivity index is 1.65. The Morgan fingerprint density at radius 2 is 1.77 bits per heavy atom. The molecule has 1 amide bonds. The first kappa shape index (κ1) is 21.6. The monoisotopic (exact) mass is 438 g/mol. The molecule has 0 spiro atoms. The van der Waals surface area contributed by atoms with Gasteiger partial charge in [-0.1, -0.05) is 55.8 Å². The number of rotatable bonds is 6. The molecular formula is C25H30N2O3S. The van der Waals surface area contributed by atoms with Gasteiger partial charge >= 0.3 is 0 Å². The van der Waals surface area contributed by atoms with E-state index in [0.717, 1.165) is 22.6 Å². The SMILES string of the molecule is COc1ccc(/C=C2\SC(Nc3ccccc3)N([C@H]3CCCC[C@@H]3C)C2=O)cc1OC. The Labute approximate surface area is 188 Å². The summed E-state index contributed by atoms with van der Waals surface area (Å²) in [5.74, 6) is 1.94. The lowest BCUT2D eigenvalue weighted by Crippen LogP contribution is -2.48. The molecule has 2 aromatic rings. The van der Waals surface area contributed by atoms with Gasteiger partial charge in [-0.3, -0.25) is 4.79 Å². The van der Waals surface area contributed by atoms with Crippen LogP contribution in [-0.4, -0.2) is 36.6 Å². The van der Waals surface area contributed by atoms with E-state index in [1.165, 1.54) is 19.3 Å². The zero-order valence-electron chi connectivity index (χ0n) is 18.3. The van der Waals surface area contributed by atoms with Crippen molar-refractivity contribution in [1.29, 1.82) is 0 Å². The smallest absolute Gasteiger partial charge is 0.262 e. The quantitative estimate of drug-likeness (QED) is 0.596. The summed E-state index contributed by atoms with van der Waals surface area (Å²) in [6.07, 6.45) is 6.62. The number of anilines is 1. The lowest BCUT2D eigenvalue weighted by atomic mass is 9.85. The van der Waals surface area contributed by atoms with E-state index >= 15 is 0 Å². The van der Waals surface area contributed by atoms with E-state index in [1.807, 2.05) is 54.6 Å². The summed E-state index contributed by atoms with van der Waals surface area (Å²) in [6, 6.07) is 16.1. The highest BCUT2D eigenvalue weighted by atomic mass is 32.2. The lowest BCUT2D eigenvalue weighted by molar-refractivity contribution is -0.129. The second-order valence-electron chi connectivity index (χ2n) is 8.15. The number of hydrogen-bond acceptors (Lipinski definition) is 5. The number of ether oxygens (including phenoxy) is 2. The van der Waals surface area contributed by atoms with Crippen molar-refractivity contribution in [3.8, 4) is 11.5 Å². The maximum absolute atomic E-state index is 13.6. The molecule has 31 heavy (non-hydrogen) atoms. The fourth-order valence-electron chi connectivity index (χ4n) is 4.46. The highest BCUT2D eigenvalue weighted by molar-refractivity contribution is 8.05. The van der Waals surface area contributed by atoms with Gasteiger partial charge in [0, 0.05) is 11.7 Å². The Morgan fingerprint density at radius 1 is 1.03 bits per heavy atom. The molecule has 6 heteroatoms. The summed E-state index contributed by atoms with van der Waals surface area (Å²) < 4.78 is 10.8. The van der Waals surface area contributed by atoms with Gasteiger partial charge in [0.15, 0.2) is 17.0 Å². The van der Waals surface area contributed by atoms with Crippen LogP contribution in [0.15, 0.2) is 53.4 Å². The van der Waals surface area contributed by atoms with E-state index in [4.69, 9.17) is 9.47 Å². The molecule has 2 aromatic carbocycles. The van der Waals surface area contributed by atoms with Crippen LogP contribution in [0.1, 0.15) is 38.2 Å². The van der Waals surface area contributed by atoms with E-state index in [9.17, 15) is 4.79 Å². The Kier molecular flexibility index (Phi) is 6.76. The summed E-state index contributed by atoms with van der Waals surface area (Å²) in [7, 11) is 3.24. The van der Waals surface area contributed by atoms with Crippen molar-refractivity contribution in [2.45, 2.75) is 44.1 Å².